The van der Waals surface area contributed by atoms with E-state index in [0.29, 0.717) is 6.42 Å². The van der Waals surface area contributed by atoms with Gasteiger partial charge >= 0.3 is 0 Å². The molecule has 1 saturated heterocycles. The van der Waals surface area contributed by atoms with E-state index in [1.54, 1.807) is 0 Å². The van der Waals surface area contributed by atoms with E-state index < -0.39 is 0 Å². The molecule has 30 heavy (non-hydrogen) atoms. The Kier molecular flexibility index (Phi) is 5.88. The Morgan fingerprint density at radius 2 is 1.87 bits per heavy atom. The number of carbonyl (C=O) groups excluding carboxylic acids is 1. The second-order valence-corrected chi connectivity index (χ2v) is 8.04. The van der Waals surface area contributed by atoms with Crippen molar-refractivity contribution in [3.63, 3.8) is 0 Å². The molecule has 0 spiro atoms. The molecule has 0 atom stereocenters. The van der Waals surface area contributed by atoms with Gasteiger partial charge in [-0.2, -0.15) is 0 Å². The van der Waals surface area contributed by atoms with Crippen molar-refractivity contribution in [2.45, 2.75) is 32.3 Å². The molecule has 5 heteroatoms. The van der Waals surface area contributed by atoms with E-state index in [2.05, 4.69) is 54.3 Å². The predicted octanol–water partition coefficient (Wildman–Crippen LogP) is 4.75. The fourth-order valence-corrected chi connectivity index (χ4v) is 4.06. The number of likely N-dealkylation sites (tertiary alicyclic amines) is 1. The lowest BCUT2D eigenvalue weighted by molar-refractivity contribution is -0.132. The van der Waals surface area contributed by atoms with Gasteiger partial charge in [-0.1, -0.05) is 25.1 Å². The van der Waals surface area contributed by atoms with Crippen LogP contribution in [-0.2, 0) is 4.79 Å². The van der Waals surface area contributed by atoms with Crippen molar-refractivity contribution < 1.29 is 9.53 Å². The SMILES string of the molecule is CCC(=O)N1CCC(Oc2ccc(-c3cc4ncccc4cc3N(C)C)cc2)CC1. The van der Waals surface area contributed by atoms with Crippen molar-refractivity contribution in [3.8, 4) is 16.9 Å². The van der Waals surface area contributed by atoms with Crippen molar-refractivity contribution in [3.05, 3.63) is 54.7 Å². The number of rotatable bonds is 5. The number of pyridine rings is 1. The maximum absolute atomic E-state index is 11.8. The molecule has 2 heterocycles. The fraction of sp³-hybridized carbons (Fsp3) is 0.360. The van der Waals surface area contributed by atoms with Crippen LogP contribution in [0.15, 0.2) is 54.7 Å². The number of carbonyl (C=O) groups is 1. The van der Waals surface area contributed by atoms with Gasteiger partial charge in [-0.05, 0) is 35.9 Å². The molecule has 1 fully saturated rings. The van der Waals surface area contributed by atoms with Crippen LogP contribution >= 0.6 is 0 Å². The van der Waals surface area contributed by atoms with Gasteiger partial charge in [0.1, 0.15) is 11.9 Å². The number of nitrogens with zero attached hydrogens (tertiary/aromatic N) is 3. The van der Waals surface area contributed by atoms with Gasteiger partial charge in [0, 0.05) is 69.3 Å². The van der Waals surface area contributed by atoms with E-state index >= 15 is 0 Å². The minimum absolute atomic E-state index is 0.166. The number of hydrogen-bond donors (Lipinski definition) is 0. The summed E-state index contributed by atoms with van der Waals surface area (Å²) in [5, 5.41) is 1.14. The molecule has 3 aromatic rings. The summed E-state index contributed by atoms with van der Waals surface area (Å²) >= 11 is 0. The van der Waals surface area contributed by atoms with Gasteiger partial charge in [-0.25, -0.2) is 0 Å². The van der Waals surface area contributed by atoms with Crippen LogP contribution in [0.2, 0.25) is 0 Å². The number of hydrogen-bond acceptors (Lipinski definition) is 4. The van der Waals surface area contributed by atoms with Crippen LogP contribution in [0.1, 0.15) is 26.2 Å². The standard InChI is InChI=1S/C25H29N3O2/c1-4-25(29)28-14-11-21(12-15-28)30-20-9-7-18(8-10-20)22-17-23-19(6-5-13-26-23)16-24(22)27(2)3/h5-10,13,16-17,21H,4,11-12,14-15H2,1-3H3. The Hall–Kier alpha value is -3.08. The minimum Gasteiger partial charge on any atom is -0.490 e. The molecule has 1 aliphatic rings. The zero-order valence-corrected chi connectivity index (χ0v) is 18.0. The lowest BCUT2D eigenvalue weighted by Gasteiger charge is -2.32. The zero-order chi connectivity index (χ0) is 21.1. The highest BCUT2D eigenvalue weighted by atomic mass is 16.5. The summed E-state index contributed by atoms with van der Waals surface area (Å²) < 4.78 is 6.20. The lowest BCUT2D eigenvalue weighted by atomic mass is 10.0. The van der Waals surface area contributed by atoms with Crippen LogP contribution in [0.25, 0.3) is 22.0 Å². The minimum atomic E-state index is 0.166. The van der Waals surface area contributed by atoms with Crippen molar-refractivity contribution >= 4 is 22.5 Å². The van der Waals surface area contributed by atoms with Crippen LogP contribution < -0.4 is 9.64 Å². The van der Waals surface area contributed by atoms with E-state index in [4.69, 9.17) is 4.74 Å². The average molecular weight is 404 g/mol. The van der Waals surface area contributed by atoms with Gasteiger partial charge in [-0.15, -0.1) is 0 Å². The highest BCUT2D eigenvalue weighted by molar-refractivity contribution is 5.92. The van der Waals surface area contributed by atoms with Gasteiger partial charge in [0.25, 0.3) is 0 Å². The predicted molar refractivity (Wildman–Crippen MR) is 122 cm³/mol. The summed E-state index contributed by atoms with van der Waals surface area (Å²) in [6, 6.07) is 16.7. The second-order valence-electron chi connectivity index (χ2n) is 8.04. The van der Waals surface area contributed by atoms with Crippen LogP contribution in [0.3, 0.4) is 0 Å². The van der Waals surface area contributed by atoms with E-state index in [1.165, 1.54) is 0 Å². The third kappa shape index (κ3) is 4.25. The number of fused-ring (bicyclic) bond motifs is 1. The van der Waals surface area contributed by atoms with Crippen LogP contribution in [0.5, 0.6) is 5.75 Å². The molecule has 0 N–H and O–H groups in total. The first-order chi connectivity index (χ1) is 14.5. The molecule has 156 valence electrons. The van der Waals surface area contributed by atoms with Gasteiger partial charge in [-0.3, -0.25) is 9.78 Å². The Balaban J connectivity index is 1.50. The number of ether oxygens (including phenoxy) is 1. The zero-order valence-electron chi connectivity index (χ0n) is 18.0. The highest BCUT2D eigenvalue weighted by Crippen LogP contribution is 2.34. The average Bonchev–Trinajstić information content (AvgIpc) is 2.78. The van der Waals surface area contributed by atoms with Crippen molar-refractivity contribution in [2.24, 2.45) is 0 Å². The van der Waals surface area contributed by atoms with E-state index in [9.17, 15) is 4.79 Å². The largest absolute Gasteiger partial charge is 0.490 e. The molecule has 0 unspecified atom stereocenters. The first-order valence-electron chi connectivity index (χ1n) is 10.7. The Morgan fingerprint density at radius 3 is 2.53 bits per heavy atom. The normalized spacial score (nSPS) is 14.7. The van der Waals surface area contributed by atoms with E-state index in [0.717, 1.165) is 59.4 Å². The van der Waals surface area contributed by atoms with Gasteiger partial charge in [0.05, 0.1) is 5.52 Å². The number of piperidine rings is 1. The first kappa shape index (κ1) is 20.2. The van der Waals surface area contributed by atoms with Crippen molar-refractivity contribution in [1.82, 2.24) is 9.88 Å². The molecule has 1 aliphatic heterocycles. The highest BCUT2D eigenvalue weighted by Gasteiger charge is 2.23. The molecule has 0 aliphatic carbocycles. The molecule has 0 bridgehead atoms. The van der Waals surface area contributed by atoms with Crippen LogP contribution in [0.4, 0.5) is 5.69 Å². The maximum Gasteiger partial charge on any atom is 0.222 e. The molecule has 0 radical (unpaired) electrons. The van der Waals surface area contributed by atoms with Crippen LogP contribution in [-0.4, -0.2) is 49.1 Å². The molecule has 1 aromatic heterocycles. The number of benzene rings is 2. The number of amides is 1. The maximum atomic E-state index is 11.8. The van der Waals surface area contributed by atoms with Crippen LogP contribution in [0, 0.1) is 0 Å². The Morgan fingerprint density at radius 1 is 1.13 bits per heavy atom. The summed E-state index contributed by atoms with van der Waals surface area (Å²) in [4.78, 5) is 20.4. The van der Waals surface area contributed by atoms with Crippen molar-refractivity contribution in [1.29, 1.82) is 0 Å². The summed E-state index contributed by atoms with van der Waals surface area (Å²) in [5.74, 6) is 1.11. The molecule has 2 aromatic carbocycles. The second kappa shape index (κ2) is 8.74. The third-order valence-corrected chi connectivity index (χ3v) is 5.77. The van der Waals surface area contributed by atoms with Crippen molar-refractivity contribution in [2.75, 3.05) is 32.1 Å². The topological polar surface area (TPSA) is 45.7 Å². The Labute approximate surface area is 178 Å². The summed E-state index contributed by atoms with van der Waals surface area (Å²) in [7, 11) is 4.13. The molecule has 0 saturated carbocycles. The molecule has 5 nitrogen and oxygen atoms in total. The summed E-state index contributed by atoms with van der Waals surface area (Å²) in [6.45, 7) is 3.48. The lowest BCUT2D eigenvalue weighted by Crippen LogP contribution is -2.41. The van der Waals surface area contributed by atoms with Gasteiger partial charge < -0.3 is 14.5 Å². The third-order valence-electron chi connectivity index (χ3n) is 5.77. The number of anilines is 1. The monoisotopic (exact) mass is 403 g/mol. The smallest absolute Gasteiger partial charge is 0.222 e. The molecular weight excluding hydrogens is 374 g/mol. The van der Waals surface area contributed by atoms with Gasteiger partial charge in [0.15, 0.2) is 0 Å². The quantitative estimate of drug-likeness (QED) is 0.617. The molecule has 1 amide bonds. The number of aromatic nitrogens is 1. The molecule has 4 rings (SSSR count). The fourth-order valence-electron chi connectivity index (χ4n) is 4.06. The summed E-state index contributed by atoms with van der Waals surface area (Å²) in [6.07, 6.45) is 4.34. The van der Waals surface area contributed by atoms with E-state index in [1.807, 2.05) is 36.2 Å². The van der Waals surface area contributed by atoms with Gasteiger partial charge in [0.2, 0.25) is 5.91 Å². The summed E-state index contributed by atoms with van der Waals surface area (Å²) in [5.41, 5.74) is 4.45. The van der Waals surface area contributed by atoms with E-state index in [-0.39, 0.29) is 12.0 Å². The first-order valence-corrected chi connectivity index (χ1v) is 10.7. The molecular formula is C25H29N3O2. The Bertz CT molecular complexity index is 1020.